The number of hydrogen-bond donors (Lipinski definition) is 2. The minimum atomic E-state index is -4.04. The van der Waals surface area contributed by atoms with Crippen LogP contribution in [0.4, 0.5) is 0 Å². The summed E-state index contributed by atoms with van der Waals surface area (Å²) in [5.74, 6) is -1.64. The van der Waals surface area contributed by atoms with Crippen LogP contribution in [0, 0.1) is 5.92 Å². The molecule has 0 radical (unpaired) electrons. The quantitative estimate of drug-likeness (QED) is 0.868. The average molecular weight is 343 g/mol. The largest absolute Gasteiger partial charge is 0.480 e. The molecule has 0 saturated heterocycles. The van der Waals surface area contributed by atoms with Gasteiger partial charge in [0, 0.05) is 11.6 Å². The number of hydrogen-bond acceptors (Lipinski definition) is 4. The van der Waals surface area contributed by atoms with Gasteiger partial charge >= 0.3 is 5.97 Å². The van der Waals surface area contributed by atoms with Crippen molar-refractivity contribution < 1.29 is 18.3 Å². The molecule has 2 N–H and O–H groups in total. The molecule has 0 aliphatic rings. The molecule has 1 aromatic heterocycles. The molecule has 2 rings (SSSR count). The van der Waals surface area contributed by atoms with Crippen molar-refractivity contribution in [3.63, 3.8) is 0 Å². The number of carbonyl (C=O) groups is 1. The van der Waals surface area contributed by atoms with Gasteiger partial charge < -0.3 is 5.11 Å². The first-order valence-corrected chi connectivity index (χ1v) is 8.38. The topological polar surface area (TPSA) is 96.4 Å². The smallest absolute Gasteiger partial charge is 0.322 e. The predicted molar refractivity (Wildman–Crippen MR) is 83.3 cm³/mol. The molecule has 6 nitrogen and oxygen atoms in total. The Bertz CT molecular complexity index is 821. The lowest BCUT2D eigenvalue weighted by Gasteiger charge is -2.18. The van der Waals surface area contributed by atoms with Crippen LogP contribution in [-0.2, 0) is 14.8 Å². The molecular formula is C14H15ClN2O4S. The van der Waals surface area contributed by atoms with E-state index >= 15 is 0 Å². The number of pyridine rings is 1. The summed E-state index contributed by atoms with van der Waals surface area (Å²) in [4.78, 5) is 15.2. The minimum Gasteiger partial charge on any atom is -0.480 e. The molecule has 1 atom stereocenters. The number of carboxylic acids is 1. The van der Waals surface area contributed by atoms with E-state index in [9.17, 15) is 13.2 Å². The van der Waals surface area contributed by atoms with Crippen LogP contribution in [0.5, 0.6) is 0 Å². The third-order valence-corrected chi connectivity index (χ3v) is 4.99. The molecule has 0 amide bonds. The first-order chi connectivity index (χ1) is 10.2. The Kier molecular flexibility index (Phi) is 4.69. The van der Waals surface area contributed by atoms with E-state index in [1.165, 1.54) is 18.3 Å². The van der Waals surface area contributed by atoms with Crippen molar-refractivity contribution in [3.8, 4) is 0 Å². The highest BCUT2D eigenvalue weighted by Gasteiger charge is 2.29. The van der Waals surface area contributed by atoms with Crippen molar-refractivity contribution >= 4 is 38.5 Å². The Morgan fingerprint density at radius 2 is 2.00 bits per heavy atom. The maximum absolute atomic E-state index is 12.5. The first-order valence-electron chi connectivity index (χ1n) is 6.52. The van der Waals surface area contributed by atoms with Crippen LogP contribution in [0.25, 0.3) is 10.9 Å². The minimum absolute atomic E-state index is 0.0978. The van der Waals surface area contributed by atoms with E-state index in [-0.39, 0.29) is 10.4 Å². The summed E-state index contributed by atoms with van der Waals surface area (Å²) in [6.07, 6.45) is 1.40. The van der Waals surface area contributed by atoms with Crippen LogP contribution in [0.3, 0.4) is 0 Å². The Labute approximate surface area is 133 Å². The second kappa shape index (κ2) is 6.20. The zero-order valence-corrected chi connectivity index (χ0v) is 13.5. The maximum Gasteiger partial charge on any atom is 0.322 e. The fourth-order valence-corrected chi connectivity index (χ4v) is 3.75. The molecular weight excluding hydrogens is 328 g/mol. The van der Waals surface area contributed by atoms with Gasteiger partial charge in [-0.15, -0.1) is 0 Å². The molecule has 1 heterocycles. The van der Waals surface area contributed by atoms with Crippen molar-refractivity contribution in [2.75, 3.05) is 0 Å². The van der Waals surface area contributed by atoms with Gasteiger partial charge in [0.15, 0.2) is 0 Å². The van der Waals surface area contributed by atoms with E-state index in [0.29, 0.717) is 10.4 Å². The second-order valence-electron chi connectivity index (χ2n) is 5.13. The van der Waals surface area contributed by atoms with Crippen molar-refractivity contribution in [1.82, 2.24) is 9.71 Å². The molecule has 0 fully saturated rings. The van der Waals surface area contributed by atoms with E-state index in [2.05, 4.69) is 9.71 Å². The van der Waals surface area contributed by atoms with Gasteiger partial charge in [-0.1, -0.05) is 37.6 Å². The summed E-state index contributed by atoms with van der Waals surface area (Å²) >= 11 is 6.04. The predicted octanol–water partition coefficient (Wildman–Crippen LogP) is 2.28. The van der Waals surface area contributed by atoms with Crippen molar-refractivity contribution in [3.05, 3.63) is 35.5 Å². The number of aromatic nitrogens is 1. The highest BCUT2D eigenvalue weighted by Crippen LogP contribution is 2.26. The molecule has 118 valence electrons. The zero-order valence-electron chi connectivity index (χ0n) is 11.9. The third-order valence-electron chi connectivity index (χ3n) is 3.19. The number of para-hydroxylation sites is 1. The standard InChI is InChI=1S/C14H15ClN2O4S/c1-8(2)12(14(18)19)17-22(20,21)11-5-3-4-9-10(15)6-7-16-13(9)11/h3-8,12,17H,1-2H3,(H,18,19)/t12-/m1/s1. The third kappa shape index (κ3) is 3.21. The highest BCUT2D eigenvalue weighted by molar-refractivity contribution is 7.89. The summed E-state index contributed by atoms with van der Waals surface area (Å²) in [6, 6.07) is 4.89. The molecule has 0 aliphatic heterocycles. The molecule has 0 saturated carbocycles. The average Bonchev–Trinajstić information content (AvgIpc) is 2.44. The van der Waals surface area contributed by atoms with Gasteiger partial charge in [-0.3, -0.25) is 9.78 Å². The number of benzene rings is 1. The number of sulfonamides is 1. The van der Waals surface area contributed by atoms with Gasteiger partial charge in [0.05, 0.1) is 10.5 Å². The van der Waals surface area contributed by atoms with Crippen LogP contribution in [-0.4, -0.2) is 30.5 Å². The molecule has 0 bridgehead atoms. The second-order valence-corrected chi connectivity index (χ2v) is 7.22. The summed E-state index contributed by atoms with van der Waals surface area (Å²) in [6.45, 7) is 3.25. The van der Waals surface area contributed by atoms with Gasteiger partial charge in [0.2, 0.25) is 10.0 Å². The number of halogens is 1. The number of fused-ring (bicyclic) bond motifs is 1. The Morgan fingerprint density at radius 3 is 2.59 bits per heavy atom. The van der Waals surface area contributed by atoms with Crippen molar-refractivity contribution in [2.45, 2.75) is 24.8 Å². The number of nitrogens with one attached hydrogen (secondary N) is 1. The summed E-state index contributed by atoms with van der Waals surface area (Å²) in [5.41, 5.74) is 0.204. The normalized spacial score (nSPS) is 13.5. The number of rotatable bonds is 5. The van der Waals surface area contributed by atoms with Gasteiger partial charge in [-0.05, 0) is 18.1 Å². The van der Waals surface area contributed by atoms with E-state index < -0.39 is 28.0 Å². The molecule has 1 aromatic carbocycles. The maximum atomic E-state index is 12.5. The van der Waals surface area contributed by atoms with E-state index in [1.807, 2.05) is 0 Å². The number of carboxylic acid groups (broad SMARTS) is 1. The molecule has 22 heavy (non-hydrogen) atoms. The van der Waals surface area contributed by atoms with Crippen LogP contribution in [0.1, 0.15) is 13.8 Å². The van der Waals surface area contributed by atoms with Crippen molar-refractivity contribution in [2.24, 2.45) is 5.92 Å². The molecule has 0 spiro atoms. The zero-order chi connectivity index (χ0) is 16.5. The Morgan fingerprint density at radius 1 is 1.32 bits per heavy atom. The Balaban J connectivity index is 2.55. The van der Waals surface area contributed by atoms with Crippen LogP contribution >= 0.6 is 11.6 Å². The lowest BCUT2D eigenvalue weighted by molar-refractivity contribution is -0.140. The lowest BCUT2D eigenvalue weighted by Crippen LogP contribution is -2.44. The fraction of sp³-hybridized carbons (Fsp3) is 0.286. The number of nitrogens with zero attached hydrogens (tertiary/aromatic N) is 1. The molecule has 0 unspecified atom stereocenters. The summed E-state index contributed by atoms with van der Waals surface area (Å²) in [5, 5.41) is 10.0. The molecule has 8 heteroatoms. The van der Waals surface area contributed by atoms with E-state index in [4.69, 9.17) is 16.7 Å². The van der Waals surface area contributed by atoms with E-state index in [0.717, 1.165) is 0 Å². The number of aliphatic carboxylic acids is 1. The Hall–Kier alpha value is -1.70. The SMILES string of the molecule is CC(C)[C@@H](NS(=O)(=O)c1cccc2c(Cl)ccnc12)C(=O)O. The lowest BCUT2D eigenvalue weighted by atomic mass is 10.1. The summed E-state index contributed by atoms with van der Waals surface area (Å²) < 4.78 is 27.2. The highest BCUT2D eigenvalue weighted by atomic mass is 35.5. The molecule has 2 aromatic rings. The monoisotopic (exact) mass is 342 g/mol. The van der Waals surface area contributed by atoms with Crippen LogP contribution in [0.15, 0.2) is 35.4 Å². The van der Waals surface area contributed by atoms with Gasteiger partial charge in [0.1, 0.15) is 10.9 Å². The van der Waals surface area contributed by atoms with Gasteiger partial charge in [-0.25, -0.2) is 8.42 Å². The van der Waals surface area contributed by atoms with Gasteiger partial charge in [-0.2, -0.15) is 4.72 Å². The summed E-state index contributed by atoms with van der Waals surface area (Å²) in [7, 11) is -4.04. The van der Waals surface area contributed by atoms with Crippen LogP contribution < -0.4 is 4.72 Å². The molecule has 0 aliphatic carbocycles. The fourth-order valence-electron chi connectivity index (χ4n) is 2.03. The van der Waals surface area contributed by atoms with E-state index in [1.54, 1.807) is 26.0 Å². The first kappa shape index (κ1) is 16.7. The van der Waals surface area contributed by atoms with Gasteiger partial charge in [0.25, 0.3) is 0 Å². The van der Waals surface area contributed by atoms with Crippen molar-refractivity contribution in [1.29, 1.82) is 0 Å². The van der Waals surface area contributed by atoms with Crippen LogP contribution in [0.2, 0.25) is 5.02 Å².